The highest BCUT2D eigenvalue weighted by Crippen LogP contribution is 2.12. The Balaban J connectivity index is 1.84. The fourth-order valence-electron chi connectivity index (χ4n) is 2.21. The average molecular weight is 312 g/mol. The molecule has 0 N–H and O–H groups in total. The Kier molecular flexibility index (Phi) is 4.72. The lowest BCUT2D eigenvalue weighted by molar-refractivity contribution is -0.131. The third kappa shape index (κ3) is 3.78. The van der Waals surface area contributed by atoms with E-state index in [1.165, 1.54) is 0 Å². The van der Waals surface area contributed by atoms with Crippen LogP contribution in [0.2, 0.25) is 0 Å². The minimum atomic E-state index is 0.234. The molecule has 0 aliphatic carbocycles. The van der Waals surface area contributed by atoms with Gasteiger partial charge in [0.2, 0.25) is 5.91 Å². The van der Waals surface area contributed by atoms with Gasteiger partial charge in [-0.1, -0.05) is 0 Å². The van der Waals surface area contributed by atoms with Crippen LogP contribution >= 0.6 is 15.9 Å². The predicted molar refractivity (Wildman–Crippen MR) is 74.1 cm³/mol. The summed E-state index contributed by atoms with van der Waals surface area (Å²) in [5, 5.41) is 0. The standard InChI is InChI=1S/C13H18BrN3O/c1-16(9-11-6-12(14)8-15-7-11)10-13(18)17-4-2-3-5-17/h6-8H,2-5,9-10H2,1H3. The van der Waals surface area contributed by atoms with E-state index >= 15 is 0 Å². The number of aromatic nitrogens is 1. The van der Waals surface area contributed by atoms with Crippen molar-refractivity contribution in [1.82, 2.24) is 14.8 Å². The topological polar surface area (TPSA) is 36.4 Å². The quantitative estimate of drug-likeness (QED) is 0.852. The van der Waals surface area contributed by atoms with E-state index in [9.17, 15) is 4.79 Å². The monoisotopic (exact) mass is 311 g/mol. The van der Waals surface area contributed by atoms with Crippen LogP contribution in [0.5, 0.6) is 0 Å². The van der Waals surface area contributed by atoms with Crippen LogP contribution in [-0.2, 0) is 11.3 Å². The summed E-state index contributed by atoms with van der Waals surface area (Å²) >= 11 is 3.40. The number of carbonyl (C=O) groups is 1. The zero-order chi connectivity index (χ0) is 13.0. The number of pyridine rings is 1. The Morgan fingerprint density at radius 3 is 2.83 bits per heavy atom. The number of likely N-dealkylation sites (tertiary alicyclic amines) is 1. The lowest BCUT2D eigenvalue weighted by Gasteiger charge is -2.21. The molecule has 1 amide bonds. The van der Waals surface area contributed by atoms with Gasteiger partial charge in [0, 0.05) is 36.5 Å². The Hall–Kier alpha value is -0.940. The van der Waals surface area contributed by atoms with Crippen molar-refractivity contribution in [3.63, 3.8) is 0 Å². The summed E-state index contributed by atoms with van der Waals surface area (Å²) < 4.78 is 0.972. The van der Waals surface area contributed by atoms with Crippen molar-refractivity contribution in [3.8, 4) is 0 Å². The number of hydrogen-bond acceptors (Lipinski definition) is 3. The lowest BCUT2D eigenvalue weighted by Crippen LogP contribution is -2.36. The molecule has 18 heavy (non-hydrogen) atoms. The average Bonchev–Trinajstić information content (AvgIpc) is 2.81. The van der Waals surface area contributed by atoms with Crippen molar-refractivity contribution < 1.29 is 4.79 Å². The first-order valence-electron chi connectivity index (χ1n) is 6.21. The molecule has 0 unspecified atom stereocenters. The molecule has 0 saturated carbocycles. The summed E-state index contributed by atoms with van der Waals surface area (Å²) in [5.41, 5.74) is 1.11. The predicted octanol–water partition coefficient (Wildman–Crippen LogP) is 1.90. The summed E-state index contributed by atoms with van der Waals surface area (Å²) in [5.74, 6) is 0.234. The third-order valence-electron chi connectivity index (χ3n) is 3.08. The Morgan fingerprint density at radius 1 is 1.44 bits per heavy atom. The fourth-order valence-corrected chi connectivity index (χ4v) is 2.62. The van der Waals surface area contributed by atoms with E-state index in [1.54, 1.807) is 6.20 Å². The summed E-state index contributed by atoms with van der Waals surface area (Å²) in [6.45, 7) is 3.06. The minimum absolute atomic E-state index is 0.234. The molecular weight excluding hydrogens is 294 g/mol. The van der Waals surface area contributed by atoms with Crippen LogP contribution in [0.1, 0.15) is 18.4 Å². The molecule has 5 heteroatoms. The van der Waals surface area contributed by atoms with Gasteiger partial charge >= 0.3 is 0 Å². The highest BCUT2D eigenvalue weighted by atomic mass is 79.9. The second-order valence-corrected chi connectivity index (χ2v) is 5.69. The van der Waals surface area contributed by atoms with E-state index in [1.807, 2.05) is 29.1 Å². The molecule has 4 nitrogen and oxygen atoms in total. The molecule has 0 radical (unpaired) electrons. The molecule has 1 aliphatic heterocycles. The number of carbonyl (C=O) groups excluding carboxylic acids is 1. The van der Waals surface area contributed by atoms with Crippen molar-refractivity contribution >= 4 is 21.8 Å². The van der Waals surface area contributed by atoms with Crippen LogP contribution in [0.15, 0.2) is 22.9 Å². The Labute approximate surface area is 116 Å². The molecule has 0 bridgehead atoms. The van der Waals surface area contributed by atoms with Gasteiger partial charge in [0.05, 0.1) is 6.54 Å². The van der Waals surface area contributed by atoms with Crippen molar-refractivity contribution in [3.05, 3.63) is 28.5 Å². The number of hydrogen-bond donors (Lipinski definition) is 0. The third-order valence-corrected chi connectivity index (χ3v) is 3.51. The molecule has 0 spiro atoms. The molecule has 2 rings (SSSR count). The SMILES string of the molecule is CN(CC(=O)N1CCCC1)Cc1cncc(Br)c1. The van der Waals surface area contributed by atoms with E-state index in [0.29, 0.717) is 6.54 Å². The zero-order valence-corrected chi connectivity index (χ0v) is 12.2. The molecule has 98 valence electrons. The summed E-state index contributed by atoms with van der Waals surface area (Å²) in [6.07, 6.45) is 5.89. The lowest BCUT2D eigenvalue weighted by atomic mass is 10.2. The van der Waals surface area contributed by atoms with E-state index in [4.69, 9.17) is 0 Å². The maximum absolute atomic E-state index is 12.0. The van der Waals surface area contributed by atoms with Gasteiger partial charge in [-0.15, -0.1) is 0 Å². The van der Waals surface area contributed by atoms with Crippen LogP contribution in [0.3, 0.4) is 0 Å². The molecule has 0 aromatic carbocycles. The molecule has 1 aromatic rings. The van der Waals surface area contributed by atoms with Gasteiger partial charge in [-0.05, 0) is 47.4 Å². The molecular formula is C13H18BrN3O. The number of nitrogens with zero attached hydrogens (tertiary/aromatic N) is 3. The number of rotatable bonds is 4. The largest absolute Gasteiger partial charge is 0.342 e. The summed E-state index contributed by atoms with van der Waals surface area (Å²) in [4.78, 5) is 20.1. The highest BCUT2D eigenvalue weighted by molar-refractivity contribution is 9.10. The summed E-state index contributed by atoms with van der Waals surface area (Å²) in [7, 11) is 1.97. The van der Waals surface area contributed by atoms with Gasteiger partial charge in [-0.25, -0.2) is 0 Å². The van der Waals surface area contributed by atoms with Gasteiger partial charge in [0.1, 0.15) is 0 Å². The van der Waals surface area contributed by atoms with Crippen LogP contribution in [0, 0.1) is 0 Å². The van der Waals surface area contributed by atoms with E-state index < -0.39 is 0 Å². The molecule has 0 atom stereocenters. The van der Waals surface area contributed by atoms with Crippen LogP contribution in [-0.4, -0.2) is 47.4 Å². The maximum atomic E-state index is 12.0. The summed E-state index contributed by atoms with van der Waals surface area (Å²) in [6, 6.07) is 2.03. The number of halogens is 1. The minimum Gasteiger partial charge on any atom is -0.342 e. The van der Waals surface area contributed by atoms with Gasteiger partial charge in [0.25, 0.3) is 0 Å². The number of amides is 1. The second kappa shape index (κ2) is 6.29. The van der Waals surface area contributed by atoms with Crippen LogP contribution in [0.25, 0.3) is 0 Å². The first-order valence-corrected chi connectivity index (χ1v) is 7.00. The van der Waals surface area contributed by atoms with Gasteiger partial charge in [0.15, 0.2) is 0 Å². The molecule has 1 saturated heterocycles. The Morgan fingerprint density at radius 2 is 2.17 bits per heavy atom. The smallest absolute Gasteiger partial charge is 0.236 e. The van der Waals surface area contributed by atoms with Gasteiger partial charge < -0.3 is 4.90 Å². The zero-order valence-electron chi connectivity index (χ0n) is 10.6. The fraction of sp³-hybridized carbons (Fsp3) is 0.538. The van der Waals surface area contributed by atoms with Gasteiger partial charge in [-0.3, -0.25) is 14.7 Å². The van der Waals surface area contributed by atoms with E-state index in [2.05, 4.69) is 20.9 Å². The maximum Gasteiger partial charge on any atom is 0.236 e. The number of likely N-dealkylation sites (N-methyl/N-ethyl adjacent to an activating group) is 1. The van der Waals surface area contributed by atoms with E-state index in [0.717, 1.165) is 42.5 Å². The first kappa shape index (κ1) is 13.5. The van der Waals surface area contributed by atoms with Crippen molar-refractivity contribution in [2.75, 3.05) is 26.7 Å². The normalized spacial score (nSPS) is 15.4. The molecule has 1 aromatic heterocycles. The van der Waals surface area contributed by atoms with Crippen LogP contribution < -0.4 is 0 Å². The first-order chi connectivity index (χ1) is 8.65. The molecule has 2 heterocycles. The van der Waals surface area contributed by atoms with E-state index in [-0.39, 0.29) is 5.91 Å². The van der Waals surface area contributed by atoms with Crippen molar-refractivity contribution in [2.45, 2.75) is 19.4 Å². The molecule has 1 fully saturated rings. The van der Waals surface area contributed by atoms with Gasteiger partial charge in [-0.2, -0.15) is 0 Å². The highest BCUT2D eigenvalue weighted by Gasteiger charge is 2.18. The van der Waals surface area contributed by atoms with Crippen molar-refractivity contribution in [2.24, 2.45) is 0 Å². The Bertz CT molecular complexity index is 418. The van der Waals surface area contributed by atoms with Crippen LogP contribution in [0.4, 0.5) is 0 Å². The van der Waals surface area contributed by atoms with Crippen molar-refractivity contribution in [1.29, 1.82) is 0 Å². The second-order valence-electron chi connectivity index (χ2n) is 4.77. The molecule has 1 aliphatic rings.